The fourth-order valence-corrected chi connectivity index (χ4v) is 2.47. The lowest BCUT2D eigenvalue weighted by Gasteiger charge is -2.05. The average Bonchev–Trinajstić information content (AvgIpc) is 2.89. The summed E-state index contributed by atoms with van der Waals surface area (Å²) in [6, 6.07) is 11.2. The third-order valence-corrected chi connectivity index (χ3v) is 3.66. The van der Waals surface area contributed by atoms with Crippen LogP contribution in [-0.2, 0) is 11.2 Å². The van der Waals surface area contributed by atoms with Crippen LogP contribution >= 0.6 is 0 Å². The maximum atomic E-state index is 13.2. The van der Waals surface area contributed by atoms with Crippen molar-refractivity contribution in [2.45, 2.75) is 13.3 Å². The molecule has 0 unspecified atom stereocenters. The smallest absolute Gasteiger partial charge is 0.228 e. The number of H-pyrrole nitrogens is 1. The maximum absolute atomic E-state index is 13.2. The van der Waals surface area contributed by atoms with Crippen molar-refractivity contribution in [1.82, 2.24) is 4.98 Å². The lowest BCUT2D eigenvalue weighted by atomic mass is 10.1. The number of amides is 1. The second-order valence-corrected chi connectivity index (χ2v) is 5.36. The normalized spacial score (nSPS) is 10.7. The molecular weight excluding hydrogens is 295 g/mol. The van der Waals surface area contributed by atoms with Crippen LogP contribution in [0.25, 0.3) is 10.9 Å². The van der Waals surface area contributed by atoms with Crippen molar-refractivity contribution in [1.29, 1.82) is 0 Å². The predicted octanol–water partition coefficient (Wildman–Crippen LogP) is 3.69. The summed E-state index contributed by atoms with van der Waals surface area (Å²) in [7, 11) is 0. The van der Waals surface area contributed by atoms with Gasteiger partial charge < -0.3 is 10.3 Å². The van der Waals surface area contributed by atoms with E-state index in [1.807, 2.05) is 0 Å². The zero-order valence-electron chi connectivity index (χ0n) is 12.5. The van der Waals surface area contributed by atoms with Gasteiger partial charge in [-0.2, -0.15) is 0 Å². The highest BCUT2D eigenvalue weighted by atomic mass is 19.1. The third kappa shape index (κ3) is 3.29. The number of carbonyl (C=O) groups excluding carboxylic acids is 2. The molecule has 1 heterocycles. The Kier molecular flexibility index (Phi) is 3.93. The van der Waals surface area contributed by atoms with Gasteiger partial charge in [-0.1, -0.05) is 0 Å². The molecule has 0 bridgehead atoms. The van der Waals surface area contributed by atoms with Gasteiger partial charge in [-0.15, -0.1) is 0 Å². The Labute approximate surface area is 132 Å². The Morgan fingerprint density at radius 1 is 1.13 bits per heavy atom. The molecule has 0 atom stereocenters. The lowest BCUT2D eigenvalue weighted by molar-refractivity contribution is -0.115. The summed E-state index contributed by atoms with van der Waals surface area (Å²) < 4.78 is 13.2. The summed E-state index contributed by atoms with van der Waals surface area (Å²) in [5, 5.41) is 3.61. The van der Waals surface area contributed by atoms with E-state index in [4.69, 9.17) is 0 Å². The van der Waals surface area contributed by atoms with E-state index in [0.717, 1.165) is 10.9 Å². The quantitative estimate of drug-likeness (QED) is 0.722. The SMILES string of the molecule is CC(=O)c1ccc(NC(=O)Cc2c[nH]c3cc(F)ccc23)cc1. The second-order valence-electron chi connectivity index (χ2n) is 5.36. The van der Waals surface area contributed by atoms with Crippen LogP contribution < -0.4 is 5.32 Å². The molecule has 3 aromatic rings. The molecule has 0 aliphatic carbocycles. The summed E-state index contributed by atoms with van der Waals surface area (Å²) in [6.07, 6.45) is 1.89. The highest BCUT2D eigenvalue weighted by Gasteiger charge is 2.10. The number of rotatable bonds is 4. The molecule has 2 N–H and O–H groups in total. The number of ketones is 1. The Morgan fingerprint density at radius 2 is 1.87 bits per heavy atom. The Balaban J connectivity index is 1.72. The molecule has 0 radical (unpaired) electrons. The zero-order valence-corrected chi connectivity index (χ0v) is 12.5. The van der Waals surface area contributed by atoms with Crippen molar-refractivity contribution < 1.29 is 14.0 Å². The molecule has 0 aliphatic rings. The van der Waals surface area contributed by atoms with Crippen molar-refractivity contribution in [2.24, 2.45) is 0 Å². The number of Topliss-reactive ketones (excluding diaryl/α,β-unsaturated/α-hetero) is 1. The number of fused-ring (bicyclic) bond motifs is 1. The Morgan fingerprint density at radius 3 is 2.57 bits per heavy atom. The van der Waals surface area contributed by atoms with E-state index in [9.17, 15) is 14.0 Å². The molecular formula is C18H15FN2O2. The third-order valence-electron chi connectivity index (χ3n) is 3.66. The van der Waals surface area contributed by atoms with Gasteiger partial charge in [0.1, 0.15) is 5.82 Å². The van der Waals surface area contributed by atoms with E-state index >= 15 is 0 Å². The van der Waals surface area contributed by atoms with E-state index < -0.39 is 0 Å². The lowest BCUT2D eigenvalue weighted by Crippen LogP contribution is -2.14. The van der Waals surface area contributed by atoms with Gasteiger partial charge in [0.2, 0.25) is 5.91 Å². The molecule has 1 aromatic heterocycles. The summed E-state index contributed by atoms with van der Waals surface area (Å²) in [6.45, 7) is 1.49. The number of hydrogen-bond donors (Lipinski definition) is 2. The molecule has 0 saturated heterocycles. The molecule has 0 fully saturated rings. The van der Waals surface area contributed by atoms with Crippen LogP contribution in [0.5, 0.6) is 0 Å². The van der Waals surface area contributed by atoms with E-state index in [1.54, 1.807) is 36.5 Å². The largest absolute Gasteiger partial charge is 0.361 e. The van der Waals surface area contributed by atoms with Crippen LogP contribution in [0.2, 0.25) is 0 Å². The first-order valence-electron chi connectivity index (χ1n) is 7.19. The molecule has 0 aliphatic heterocycles. The number of benzene rings is 2. The van der Waals surface area contributed by atoms with Gasteiger partial charge >= 0.3 is 0 Å². The van der Waals surface area contributed by atoms with Crippen LogP contribution in [0, 0.1) is 5.82 Å². The van der Waals surface area contributed by atoms with Crippen molar-refractivity contribution in [2.75, 3.05) is 5.32 Å². The Hall–Kier alpha value is -2.95. The van der Waals surface area contributed by atoms with E-state index in [-0.39, 0.29) is 23.9 Å². The molecule has 116 valence electrons. The minimum absolute atomic E-state index is 0.0195. The molecule has 1 amide bonds. The van der Waals surface area contributed by atoms with Crippen molar-refractivity contribution in [3.8, 4) is 0 Å². The van der Waals surface area contributed by atoms with Gasteiger partial charge in [-0.05, 0) is 55.0 Å². The minimum atomic E-state index is -0.319. The summed E-state index contributed by atoms with van der Waals surface area (Å²) in [5.74, 6) is -0.513. The van der Waals surface area contributed by atoms with E-state index in [1.165, 1.54) is 19.1 Å². The van der Waals surface area contributed by atoms with Gasteiger partial charge in [-0.3, -0.25) is 9.59 Å². The monoisotopic (exact) mass is 310 g/mol. The molecule has 5 heteroatoms. The van der Waals surface area contributed by atoms with Crippen LogP contribution in [-0.4, -0.2) is 16.7 Å². The van der Waals surface area contributed by atoms with Crippen LogP contribution in [0.4, 0.5) is 10.1 Å². The average molecular weight is 310 g/mol. The predicted molar refractivity (Wildman–Crippen MR) is 87.0 cm³/mol. The molecule has 0 saturated carbocycles. The first-order chi connectivity index (χ1) is 11.0. The standard InChI is InChI=1S/C18H15FN2O2/c1-11(22)12-2-5-15(6-3-12)21-18(23)8-13-10-20-17-9-14(19)4-7-16(13)17/h2-7,9-10,20H,8H2,1H3,(H,21,23). The van der Waals surface area contributed by atoms with Crippen LogP contribution in [0.3, 0.4) is 0 Å². The Bertz CT molecular complexity index is 882. The number of aromatic nitrogens is 1. The van der Waals surface area contributed by atoms with Crippen molar-refractivity contribution in [3.05, 3.63) is 65.6 Å². The van der Waals surface area contributed by atoms with E-state index in [2.05, 4.69) is 10.3 Å². The highest BCUT2D eigenvalue weighted by molar-refractivity contribution is 5.97. The molecule has 3 rings (SSSR count). The highest BCUT2D eigenvalue weighted by Crippen LogP contribution is 2.20. The molecule has 0 spiro atoms. The summed E-state index contributed by atoms with van der Waals surface area (Å²) in [5.41, 5.74) is 2.70. The fourth-order valence-electron chi connectivity index (χ4n) is 2.47. The second kappa shape index (κ2) is 6.04. The first-order valence-corrected chi connectivity index (χ1v) is 7.19. The molecule has 4 nitrogen and oxygen atoms in total. The zero-order chi connectivity index (χ0) is 16.4. The maximum Gasteiger partial charge on any atom is 0.228 e. The minimum Gasteiger partial charge on any atom is -0.361 e. The van der Waals surface area contributed by atoms with Gasteiger partial charge in [-0.25, -0.2) is 4.39 Å². The van der Waals surface area contributed by atoms with Crippen LogP contribution in [0.15, 0.2) is 48.7 Å². The number of carbonyl (C=O) groups is 2. The van der Waals surface area contributed by atoms with Gasteiger partial charge in [0, 0.05) is 28.4 Å². The van der Waals surface area contributed by atoms with E-state index in [0.29, 0.717) is 16.8 Å². The number of aromatic amines is 1. The number of nitrogens with one attached hydrogen (secondary N) is 2. The van der Waals surface area contributed by atoms with Gasteiger partial charge in [0.05, 0.1) is 6.42 Å². The summed E-state index contributed by atoms with van der Waals surface area (Å²) in [4.78, 5) is 26.3. The topological polar surface area (TPSA) is 62.0 Å². The van der Waals surface area contributed by atoms with Gasteiger partial charge in [0.15, 0.2) is 5.78 Å². The van der Waals surface area contributed by atoms with Crippen molar-refractivity contribution in [3.63, 3.8) is 0 Å². The molecule has 2 aromatic carbocycles. The van der Waals surface area contributed by atoms with Crippen molar-refractivity contribution >= 4 is 28.3 Å². The first kappa shape index (κ1) is 15.0. The number of anilines is 1. The number of halogens is 1. The van der Waals surface area contributed by atoms with Crippen LogP contribution in [0.1, 0.15) is 22.8 Å². The van der Waals surface area contributed by atoms with Gasteiger partial charge in [0.25, 0.3) is 0 Å². The number of hydrogen-bond acceptors (Lipinski definition) is 2. The summed E-state index contributed by atoms with van der Waals surface area (Å²) >= 11 is 0. The fraction of sp³-hybridized carbons (Fsp3) is 0.111. The molecule has 23 heavy (non-hydrogen) atoms.